The van der Waals surface area contributed by atoms with E-state index in [1.807, 2.05) is 53.1 Å². The van der Waals surface area contributed by atoms with Crippen LogP contribution in [0.2, 0.25) is 0 Å². The number of methoxy groups -OCH3 is 2. The molecule has 1 amide bonds. The van der Waals surface area contributed by atoms with Crippen molar-refractivity contribution >= 4 is 39.8 Å². The predicted octanol–water partition coefficient (Wildman–Crippen LogP) is 4.35. The van der Waals surface area contributed by atoms with Crippen molar-refractivity contribution in [1.82, 2.24) is 25.2 Å². The van der Waals surface area contributed by atoms with E-state index in [9.17, 15) is 4.79 Å². The van der Waals surface area contributed by atoms with Crippen molar-refractivity contribution in [3.63, 3.8) is 0 Å². The number of aromatic nitrogens is 4. The fourth-order valence-corrected chi connectivity index (χ4v) is 4.23. The molecule has 0 saturated heterocycles. The molecule has 2 aromatic carbocycles. The summed E-state index contributed by atoms with van der Waals surface area (Å²) in [6.07, 6.45) is 4.91. The monoisotopic (exact) mass is 552 g/mol. The van der Waals surface area contributed by atoms with Crippen molar-refractivity contribution in [2.45, 2.75) is 5.16 Å². The molecule has 0 unspecified atom stereocenters. The lowest BCUT2D eigenvalue weighted by Gasteiger charge is -2.10. The molecule has 178 valence electrons. The molecule has 2 heterocycles. The number of nitrogens with zero attached hydrogens (tertiary/aromatic N) is 5. The summed E-state index contributed by atoms with van der Waals surface area (Å²) < 4.78 is 13.5. The summed E-state index contributed by atoms with van der Waals surface area (Å²) in [6.45, 7) is 0. The number of amides is 1. The van der Waals surface area contributed by atoms with E-state index in [1.54, 1.807) is 32.7 Å². The number of hydrogen-bond donors (Lipinski definition) is 1. The van der Waals surface area contributed by atoms with Crippen molar-refractivity contribution in [2.75, 3.05) is 20.0 Å². The lowest BCUT2D eigenvalue weighted by atomic mass is 10.2. The van der Waals surface area contributed by atoms with Gasteiger partial charge >= 0.3 is 0 Å². The fourth-order valence-electron chi connectivity index (χ4n) is 3.22. The number of para-hydroxylation sites is 1. The second-order valence-corrected chi connectivity index (χ2v) is 8.88. The third-order valence-corrected chi connectivity index (χ3v) is 6.27. The normalized spacial score (nSPS) is 10.9. The van der Waals surface area contributed by atoms with E-state index in [4.69, 9.17) is 9.47 Å². The molecule has 0 aliphatic carbocycles. The molecule has 0 saturated carbocycles. The number of carbonyl (C=O) groups is 1. The predicted molar refractivity (Wildman–Crippen MR) is 138 cm³/mol. The van der Waals surface area contributed by atoms with Crippen LogP contribution in [-0.2, 0) is 4.79 Å². The number of ether oxygens (including phenoxy) is 2. The van der Waals surface area contributed by atoms with Crippen molar-refractivity contribution in [3.8, 4) is 28.6 Å². The Balaban J connectivity index is 1.49. The zero-order chi connectivity index (χ0) is 24.6. The first kappa shape index (κ1) is 24.4. The van der Waals surface area contributed by atoms with Gasteiger partial charge in [-0.25, -0.2) is 5.43 Å². The number of benzene rings is 2. The highest BCUT2D eigenvalue weighted by Gasteiger charge is 2.17. The maximum absolute atomic E-state index is 12.5. The first-order valence-electron chi connectivity index (χ1n) is 10.4. The number of pyridine rings is 1. The van der Waals surface area contributed by atoms with Crippen molar-refractivity contribution in [2.24, 2.45) is 5.10 Å². The van der Waals surface area contributed by atoms with Crippen LogP contribution in [0, 0.1) is 0 Å². The summed E-state index contributed by atoms with van der Waals surface area (Å²) in [5.74, 6) is 1.58. The van der Waals surface area contributed by atoms with Gasteiger partial charge in [-0.3, -0.25) is 14.3 Å². The highest BCUT2D eigenvalue weighted by molar-refractivity contribution is 9.10. The van der Waals surface area contributed by atoms with Gasteiger partial charge in [0, 0.05) is 33.7 Å². The first-order chi connectivity index (χ1) is 17.1. The van der Waals surface area contributed by atoms with Crippen LogP contribution < -0.4 is 14.9 Å². The van der Waals surface area contributed by atoms with Crippen LogP contribution in [0.4, 0.5) is 0 Å². The molecule has 0 bridgehead atoms. The lowest BCUT2D eigenvalue weighted by Crippen LogP contribution is -2.20. The largest absolute Gasteiger partial charge is 0.493 e. The molecule has 0 spiro atoms. The minimum absolute atomic E-state index is 0.0948. The Morgan fingerprint density at radius 2 is 1.86 bits per heavy atom. The van der Waals surface area contributed by atoms with Gasteiger partial charge in [0.1, 0.15) is 0 Å². The molecule has 0 atom stereocenters. The molecule has 0 aliphatic rings. The van der Waals surface area contributed by atoms with E-state index in [2.05, 4.69) is 41.6 Å². The number of halogens is 1. The Hall–Kier alpha value is -3.70. The van der Waals surface area contributed by atoms with Gasteiger partial charge in [0.25, 0.3) is 5.91 Å². The van der Waals surface area contributed by atoms with Gasteiger partial charge in [-0.15, -0.1) is 10.2 Å². The third-order valence-electron chi connectivity index (χ3n) is 4.82. The van der Waals surface area contributed by atoms with Crippen molar-refractivity contribution in [1.29, 1.82) is 0 Å². The van der Waals surface area contributed by atoms with Crippen LogP contribution in [0.5, 0.6) is 11.5 Å². The zero-order valence-corrected chi connectivity index (χ0v) is 21.3. The molecule has 0 aliphatic heterocycles. The summed E-state index contributed by atoms with van der Waals surface area (Å²) in [7, 11) is 3.11. The fraction of sp³-hybridized carbons (Fsp3) is 0.125. The van der Waals surface area contributed by atoms with E-state index in [-0.39, 0.29) is 11.7 Å². The van der Waals surface area contributed by atoms with Crippen molar-refractivity contribution < 1.29 is 14.3 Å². The topological polar surface area (TPSA) is 104 Å². The second-order valence-electron chi connectivity index (χ2n) is 7.02. The molecule has 1 N–H and O–H groups in total. The van der Waals surface area contributed by atoms with Crippen LogP contribution in [0.1, 0.15) is 5.56 Å². The molecule has 35 heavy (non-hydrogen) atoms. The van der Waals surface area contributed by atoms with E-state index in [0.29, 0.717) is 28.0 Å². The maximum atomic E-state index is 12.5. The molecule has 4 aromatic rings. The minimum Gasteiger partial charge on any atom is -0.493 e. The number of hydrazone groups is 1. The molecule has 11 heteroatoms. The Labute approximate surface area is 214 Å². The Morgan fingerprint density at radius 3 is 2.57 bits per heavy atom. The van der Waals surface area contributed by atoms with E-state index in [0.717, 1.165) is 15.7 Å². The summed E-state index contributed by atoms with van der Waals surface area (Å²) in [4.78, 5) is 16.6. The maximum Gasteiger partial charge on any atom is 0.250 e. The quantitative estimate of drug-likeness (QED) is 0.187. The molecule has 2 aromatic heterocycles. The minimum atomic E-state index is -0.288. The van der Waals surface area contributed by atoms with Crippen LogP contribution in [0.15, 0.2) is 81.7 Å². The highest BCUT2D eigenvalue weighted by atomic mass is 79.9. The SMILES string of the molecule is COc1cccc(C=NNC(=O)CSc2nnc(-c3ccncc3)n2-c2ccc(Br)cc2)c1OC. The number of nitrogens with one attached hydrogen (secondary N) is 1. The van der Waals surface area contributed by atoms with Gasteiger partial charge in [-0.2, -0.15) is 5.10 Å². The van der Waals surface area contributed by atoms with Gasteiger partial charge in [0.2, 0.25) is 0 Å². The summed E-state index contributed by atoms with van der Waals surface area (Å²) in [5.41, 5.74) is 4.95. The third kappa shape index (κ3) is 5.87. The molecular formula is C24H21BrN6O3S. The van der Waals surface area contributed by atoms with Crippen LogP contribution in [0.3, 0.4) is 0 Å². The smallest absolute Gasteiger partial charge is 0.250 e. The average Bonchev–Trinajstić information content (AvgIpc) is 3.32. The molecule has 9 nitrogen and oxygen atoms in total. The Morgan fingerprint density at radius 1 is 1.09 bits per heavy atom. The van der Waals surface area contributed by atoms with E-state index >= 15 is 0 Å². The zero-order valence-electron chi connectivity index (χ0n) is 18.9. The molecule has 4 rings (SSSR count). The molecular weight excluding hydrogens is 532 g/mol. The van der Waals surface area contributed by atoms with Gasteiger partial charge in [-0.05, 0) is 48.5 Å². The summed E-state index contributed by atoms with van der Waals surface area (Å²) in [5, 5.41) is 13.3. The first-order valence-corrected chi connectivity index (χ1v) is 12.2. The second kappa shape index (κ2) is 11.6. The summed E-state index contributed by atoms with van der Waals surface area (Å²) in [6, 6.07) is 16.9. The van der Waals surface area contributed by atoms with Gasteiger partial charge in [0.05, 0.1) is 26.2 Å². The highest BCUT2D eigenvalue weighted by Crippen LogP contribution is 2.30. The molecule has 0 fully saturated rings. The van der Waals surface area contributed by atoms with Crippen molar-refractivity contribution in [3.05, 3.63) is 77.0 Å². The number of carbonyl (C=O) groups excluding carboxylic acids is 1. The van der Waals surface area contributed by atoms with Gasteiger partial charge in [0.15, 0.2) is 22.5 Å². The van der Waals surface area contributed by atoms with E-state index < -0.39 is 0 Å². The average molecular weight is 553 g/mol. The standard InChI is InChI=1S/C24H21BrN6O3S/c1-33-20-5-3-4-17(22(20)34-2)14-27-28-21(32)15-35-24-30-29-23(16-10-12-26-13-11-16)31(24)19-8-6-18(25)7-9-19/h3-14H,15H2,1-2H3,(H,28,32). The number of hydrogen-bond acceptors (Lipinski definition) is 8. The Bertz CT molecular complexity index is 1330. The molecule has 0 radical (unpaired) electrons. The van der Waals surface area contributed by atoms with Crippen LogP contribution in [-0.4, -0.2) is 51.8 Å². The van der Waals surface area contributed by atoms with Crippen LogP contribution >= 0.6 is 27.7 Å². The summed E-state index contributed by atoms with van der Waals surface area (Å²) >= 11 is 4.72. The Kier molecular flexibility index (Phi) is 8.11. The van der Waals surface area contributed by atoms with Crippen LogP contribution in [0.25, 0.3) is 17.1 Å². The lowest BCUT2D eigenvalue weighted by molar-refractivity contribution is -0.118. The van der Waals surface area contributed by atoms with Gasteiger partial charge < -0.3 is 9.47 Å². The number of rotatable bonds is 9. The van der Waals surface area contributed by atoms with E-state index in [1.165, 1.54) is 18.0 Å². The van der Waals surface area contributed by atoms with Gasteiger partial charge in [-0.1, -0.05) is 33.8 Å². The number of thioether (sulfide) groups is 1.